The second kappa shape index (κ2) is 10.1. The van der Waals surface area contributed by atoms with Crippen LogP contribution in [0.3, 0.4) is 0 Å². The zero-order valence-corrected chi connectivity index (χ0v) is 17.9. The van der Waals surface area contributed by atoms with Crippen LogP contribution in [0.15, 0.2) is 52.1 Å². The summed E-state index contributed by atoms with van der Waals surface area (Å²) in [6.45, 7) is 7.35. The molecule has 3 rings (SSSR count). The number of imidazole rings is 1. The van der Waals surface area contributed by atoms with Crippen LogP contribution in [0.1, 0.15) is 31.0 Å². The number of benzene rings is 1. The number of aliphatic imine (C=N–C) groups is 1. The number of furan rings is 1. The number of rotatable bonds is 9. The van der Waals surface area contributed by atoms with E-state index in [0.29, 0.717) is 6.54 Å². The summed E-state index contributed by atoms with van der Waals surface area (Å²) in [6.07, 6.45) is 2.70. The fourth-order valence-corrected chi connectivity index (χ4v) is 3.43. The van der Waals surface area contributed by atoms with Gasteiger partial charge in [-0.2, -0.15) is 0 Å². The normalized spacial score (nSPS) is 13.2. The zero-order chi connectivity index (χ0) is 20.6. The molecule has 7 heteroatoms. The first-order chi connectivity index (χ1) is 14.1. The lowest BCUT2D eigenvalue weighted by Crippen LogP contribution is -2.38. The molecule has 1 aromatic carbocycles. The molecule has 0 fully saturated rings. The number of guanidine groups is 1. The Labute approximate surface area is 172 Å². The minimum Gasteiger partial charge on any atom is -0.468 e. The first kappa shape index (κ1) is 20.9. The van der Waals surface area contributed by atoms with E-state index < -0.39 is 0 Å². The maximum absolute atomic E-state index is 5.58. The van der Waals surface area contributed by atoms with Crippen molar-refractivity contribution >= 4 is 17.0 Å². The van der Waals surface area contributed by atoms with E-state index in [9.17, 15) is 0 Å². The summed E-state index contributed by atoms with van der Waals surface area (Å²) in [5.74, 6) is 2.81. The fraction of sp³-hybridized carbons (Fsp3) is 0.455. The van der Waals surface area contributed by atoms with Gasteiger partial charge in [0, 0.05) is 19.6 Å². The Hall–Kier alpha value is -2.80. The maximum Gasteiger partial charge on any atom is 0.191 e. The van der Waals surface area contributed by atoms with Gasteiger partial charge in [0.2, 0.25) is 0 Å². The lowest BCUT2D eigenvalue weighted by atomic mass is 10.2. The Kier molecular flexibility index (Phi) is 7.30. The first-order valence-electron chi connectivity index (χ1n) is 10.2. The molecule has 7 nitrogen and oxygen atoms in total. The molecule has 0 saturated heterocycles. The second-order valence-electron chi connectivity index (χ2n) is 7.29. The molecular formula is C22H32N6O. The Morgan fingerprint density at radius 3 is 2.76 bits per heavy atom. The van der Waals surface area contributed by atoms with Crippen LogP contribution in [-0.4, -0.2) is 54.1 Å². The third-order valence-corrected chi connectivity index (χ3v) is 4.96. The Morgan fingerprint density at radius 2 is 2.03 bits per heavy atom. The summed E-state index contributed by atoms with van der Waals surface area (Å²) in [7, 11) is 4.08. The summed E-state index contributed by atoms with van der Waals surface area (Å²) in [6, 6.07) is 12.3. The van der Waals surface area contributed by atoms with Gasteiger partial charge < -0.3 is 19.6 Å². The summed E-state index contributed by atoms with van der Waals surface area (Å²) in [4.78, 5) is 11.5. The standard InChI is InChI=1S/C22H32N6O/c1-5-23-22(25-16-20(27(3)4)21-12-8-15-29-21)24-13-9-14-28-17(2)26-18-10-6-7-11-19(18)28/h6-8,10-12,15,20H,5,9,13-14,16H2,1-4H3,(H2,23,24,25). The minimum absolute atomic E-state index is 0.111. The molecule has 0 bridgehead atoms. The van der Waals surface area contributed by atoms with Crippen LogP contribution in [0.25, 0.3) is 11.0 Å². The number of nitrogens with zero attached hydrogens (tertiary/aromatic N) is 4. The molecule has 2 N–H and O–H groups in total. The van der Waals surface area contributed by atoms with Crippen LogP contribution in [0.5, 0.6) is 0 Å². The SMILES string of the molecule is CCNC(=NCC(c1ccco1)N(C)C)NCCCn1c(C)nc2ccccc21. The molecule has 2 aromatic heterocycles. The Morgan fingerprint density at radius 1 is 1.21 bits per heavy atom. The molecule has 156 valence electrons. The van der Waals surface area contributed by atoms with Crippen molar-refractivity contribution < 1.29 is 4.42 Å². The number of nitrogens with one attached hydrogen (secondary N) is 2. The summed E-state index contributed by atoms with van der Waals surface area (Å²) < 4.78 is 7.85. The van der Waals surface area contributed by atoms with Gasteiger partial charge in [-0.25, -0.2) is 4.98 Å². The van der Waals surface area contributed by atoms with E-state index in [-0.39, 0.29) is 6.04 Å². The lowest BCUT2D eigenvalue weighted by molar-refractivity contribution is 0.265. The van der Waals surface area contributed by atoms with E-state index in [2.05, 4.69) is 57.1 Å². The average Bonchev–Trinajstić information content (AvgIpc) is 3.33. The highest BCUT2D eigenvalue weighted by molar-refractivity contribution is 5.79. The molecule has 2 heterocycles. The van der Waals surface area contributed by atoms with Gasteiger partial charge >= 0.3 is 0 Å². The maximum atomic E-state index is 5.58. The number of aryl methyl sites for hydroxylation is 2. The number of aromatic nitrogens is 2. The van der Waals surface area contributed by atoms with Crippen molar-refractivity contribution in [3.63, 3.8) is 0 Å². The molecule has 0 spiro atoms. The smallest absolute Gasteiger partial charge is 0.191 e. The van der Waals surface area contributed by atoms with Crippen molar-refractivity contribution in [1.82, 2.24) is 25.1 Å². The molecule has 0 amide bonds. The van der Waals surface area contributed by atoms with Gasteiger partial charge in [0.25, 0.3) is 0 Å². The van der Waals surface area contributed by atoms with E-state index in [1.165, 1.54) is 5.52 Å². The number of fused-ring (bicyclic) bond motifs is 1. The van der Waals surface area contributed by atoms with E-state index >= 15 is 0 Å². The second-order valence-corrected chi connectivity index (χ2v) is 7.29. The van der Waals surface area contributed by atoms with Gasteiger partial charge in [-0.1, -0.05) is 12.1 Å². The number of para-hydroxylation sites is 2. The fourth-order valence-electron chi connectivity index (χ4n) is 3.43. The third kappa shape index (κ3) is 5.38. The molecule has 0 radical (unpaired) electrons. The third-order valence-electron chi connectivity index (χ3n) is 4.96. The summed E-state index contributed by atoms with van der Waals surface area (Å²) >= 11 is 0. The van der Waals surface area contributed by atoms with Gasteiger partial charge in [0.1, 0.15) is 11.6 Å². The summed E-state index contributed by atoms with van der Waals surface area (Å²) in [5, 5.41) is 6.77. The predicted octanol–water partition coefficient (Wildman–Crippen LogP) is 3.19. The van der Waals surface area contributed by atoms with Crippen molar-refractivity contribution in [2.75, 3.05) is 33.7 Å². The van der Waals surface area contributed by atoms with Crippen molar-refractivity contribution in [1.29, 1.82) is 0 Å². The molecule has 0 saturated carbocycles. The number of hydrogen-bond acceptors (Lipinski definition) is 4. The summed E-state index contributed by atoms with van der Waals surface area (Å²) in [5.41, 5.74) is 2.25. The quantitative estimate of drug-likeness (QED) is 0.330. The minimum atomic E-state index is 0.111. The van der Waals surface area contributed by atoms with Crippen LogP contribution in [0.2, 0.25) is 0 Å². The van der Waals surface area contributed by atoms with Gasteiger partial charge in [-0.05, 0) is 58.6 Å². The molecule has 1 unspecified atom stereocenters. The zero-order valence-electron chi connectivity index (χ0n) is 17.9. The van der Waals surface area contributed by atoms with Crippen molar-refractivity contribution in [2.45, 2.75) is 32.9 Å². The topological polar surface area (TPSA) is 70.6 Å². The average molecular weight is 397 g/mol. The van der Waals surface area contributed by atoms with Crippen LogP contribution < -0.4 is 10.6 Å². The van der Waals surface area contributed by atoms with Crippen LogP contribution in [0, 0.1) is 6.92 Å². The molecule has 0 aliphatic rings. The first-order valence-corrected chi connectivity index (χ1v) is 10.2. The highest BCUT2D eigenvalue weighted by Crippen LogP contribution is 2.19. The van der Waals surface area contributed by atoms with Crippen molar-refractivity contribution in [3.8, 4) is 0 Å². The van der Waals surface area contributed by atoms with Gasteiger partial charge in [-0.15, -0.1) is 0 Å². The van der Waals surface area contributed by atoms with E-state index in [1.54, 1.807) is 6.26 Å². The van der Waals surface area contributed by atoms with E-state index in [4.69, 9.17) is 9.41 Å². The molecule has 0 aliphatic carbocycles. The van der Waals surface area contributed by atoms with Gasteiger partial charge in [0.15, 0.2) is 5.96 Å². The van der Waals surface area contributed by atoms with E-state index in [0.717, 1.165) is 49.1 Å². The number of hydrogen-bond donors (Lipinski definition) is 2. The molecule has 0 aliphatic heterocycles. The van der Waals surface area contributed by atoms with Crippen LogP contribution in [0.4, 0.5) is 0 Å². The monoisotopic (exact) mass is 396 g/mol. The molecule has 1 atom stereocenters. The van der Waals surface area contributed by atoms with Gasteiger partial charge in [-0.3, -0.25) is 9.89 Å². The Balaban J connectivity index is 1.56. The molecular weight excluding hydrogens is 364 g/mol. The van der Waals surface area contributed by atoms with Crippen LogP contribution >= 0.6 is 0 Å². The largest absolute Gasteiger partial charge is 0.468 e. The van der Waals surface area contributed by atoms with Crippen LogP contribution in [-0.2, 0) is 6.54 Å². The van der Waals surface area contributed by atoms with Crippen molar-refractivity contribution in [3.05, 3.63) is 54.2 Å². The number of likely N-dealkylation sites (N-methyl/N-ethyl adjacent to an activating group) is 1. The molecule has 29 heavy (non-hydrogen) atoms. The van der Waals surface area contributed by atoms with Gasteiger partial charge in [0.05, 0.1) is 29.9 Å². The van der Waals surface area contributed by atoms with Crippen molar-refractivity contribution in [2.24, 2.45) is 4.99 Å². The predicted molar refractivity (Wildman–Crippen MR) is 118 cm³/mol. The Bertz CT molecular complexity index is 913. The lowest BCUT2D eigenvalue weighted by Gasteiger charge is -2.21. The van der Waals surface area contributed by atoms with E-state index in [1.807, 2.05) is 32.3 Å². The highest BCUT2D eigenvalue weighted by atomic mass is 16.3. The molecule has 3 aromatic rings. The highest BCUT2D eigenvalue weighted by Gasteiger charge is 2.16.